The molecule has 0 bridgehead atoms. The van der Waals surface area contributed by atoms with Crippen molar-refractivity contribution in [1.29, 1.82) is 0 Å². The lowest BCUT2D eigenvalue weighted by Gasteiger charge is -2.24. The van der Waals surface area contributed by atoms with Gasteiger partial charge < -0.3 is 10.6 Å². The number of nitrogens with one attached hydrogen (secondary N) is 2. The van der Waals surface area contributed by atoms with Crippen molar-refractivity contribution < 1.29 is 8.42 Å². The number of benzene rings is 1. The maximum Gasteiger partial charge on any atom is 0.191 e. The van der Waals surface area contributed by atoms with Crippen molar-refractivity contribution in [1.82, 2.24) is 10.6 Å². The summed E-state index contributed by atoms with van der Waals surface area (Å²) in [5, 5.41) is 6.39. The van der Waals surface area contributed by atoms with E-state index in [0.717, 1.165) is 12.5 Å². The molecule has 1 aromatic rings. The van der Waals surface area contributed by atoms with Crippen molar-refractivity contribution in [3.63, 3.8) is 0 Å². The zero-order valence-electron chi connectivity index (χ0n) is 15.0. The normalized spacial score (nSPS) is 12.4. The molecule has 1 aromatic carbocycles. The van der Waals surface area contributed by atoms with E-state index in [1.165, 1.54) is 11.8 Å². The summed E-state index contributed by atoms with van der Waals surface area (Å²) in [6.45, 7) is 8.35. The predicted octanol–water partition coefficient (Wildman–Crippen LogP) is 2.57. The van der Waals surface area contributed by atoms with E-state index in [0.29, 0.717) is 19.5 Å². The standard InChI is InChI=1S/C17H29N3O2S.HI/c1-5-18-16(19-12-9-13-23(4,21)22)20-14-17(2,3)15-10-7-6-8-11-15;/h6-8,10-11H,5,9,12-14H2,1-4H3,(H2,18,19,20);1H. The summed E-state index contributed by atoms with van der Waals surface area (Å²) in [7, 11) is -2.91. The van der Waals surface area contributed by atoms with E-state index in [9.17, 15) is 8.42 Å². The Bertz CT molecular complexity index is 602. The molecule has 0 aliphatic heterocycles. The Kier molecular flexibility index (Phi) is 10.5. The number of aliphatic imine (C=N–C) groups is 1. The van der Waals surface area contributed by atoms with E-state index in [1.807, 2.05) is 25.1 Å². The molecule has 2 N–H and O–H groups in total. The lowest BCUT2D eigenvalue weighted by atomic mass is 9.85. The Hall–Kier alpha value is -0.830. The van der Waals surface area contributed by atoms with E-state index < -0.39 is 9.84 Å². The van der Waals surface area contributed by atoms with Crippen LogP contribution in [0.25, 0.3) is 0 Å². The molecule has 0 heterocycles. The number of rotatable bonds is 8. The van der Waals surface area contributed by atoms with Gasteiger partial charge in [0.2, 0.25) is 0 Å². The Morgan fingerprint density at radius 3 is 2.33 bits per heavy atom. The predicted molar refractivity (Wildman–Crippen MR) is 113 cm³/mol. The van der Waals surface area contributed by atoms with Crippen LogP contribution in [-0.4, -0.2) is 46.0 Å². The summed E-state index contributed by atoms with van der Waals surface area (Å²) in [4.78, 5) is 4.64. The first-order valence-electron chi connectivity index (χ1n) is 8.00. The van der Waals surface area contributed by atoms with E-state index in [-0.39, 0.29) is 35.1 Å². The second-order valence-electron chi connectivity index (χ2n) is 6.36. The molecular formula is C17H30IN3O2S. The maximum atomic E-state index is 11.1. The molecule has 0 spiro atoms. The third-order valence-corrected chi connectivity index (χ3v) is 4.55. The Morgan fingerprint density at radius 1 is 1.17 bits per heavy atom. The smallest absolute Gasteiger partial charge is 0.191 e. The van der Waals surface area contributed by atoms with Gasteiger partial charge in [-0.1, -0.05) is 44.2 Å². The summed E-state index contributed by atoms with van der Waals surface area (Å²) in [6, 6.07) is 10.3. The Morgan fingerprint density at radius 2 is 1.79 bits per heavy atom. The van der Waals surface area contributed by atoms with Crippen LogP contribution in [0, 0.1) is 0 Å². The van der Waals surface area contributed by atoms with Crippen molar-refractivity contribution in [2.75, 3.05) is 31.6 Å². The number of nitrogens with zero attached hydrogens (tertiary/aromatic N) is 1. The van der Waals surface area contributed by atoms with Crippen molar-refractivity contribution >= 4 is 39.8 Å². The molecule has 0 fully saturated rings. The van der Waals surface area contributed by atoms with Crippen LogP contribution in [0.5, 0.6) is 0 Å². The number of halogens is 1. The van der Waals surface area contributed by atoms with Crippen molar-refractivity contribution in [2.24, 2.45) is 4.99 Å². The van der Waals surface area contributed by atoms with Crippen molar-refractivity contribution in [3.8, 4) is 0 Å². The number of hydrogen-bond acceptors (Lipinski definition) is 3. The van der Waals surface area contributed by atoms with Gasteiger partial charge >= 0.3 is 0 Å². The van der Waals surface area contributed by atoms with Crippen LogP contribution >= 0.6 is 24.0 Å². The fraction of sp³-hybridized carbons (Fsp3) is 0.588. The minimum absolute atomic E-state index is 0. The van der Waals surface area contributed by atoms with Gasteiger partial charge in [-0.2, -0.15) is 0 Å². The second kappa shape index (κ2) is 10.9. The zero-order valence-corrected chi connectivity index (χ0v) is 18.1. The van der Waals surface area contributed by atoms with Gasteiger partial charge in [-0.15, -0.1) is 24.0 Å². The molecule has 0 aliphatic carbocycles. The van der Waals surface area contributed by atoms with Crippen LogP contribution in [0.4, 0.5) is 0 Å². The molecule has 0 saturated heterocycles. The van der Waals surface area contributed by atoms with Gasteiger partial charge in [0.05, 0.1) is 12.3 Å². The highest BCUT2D eigenvalue weighted by Gasteiger charge is 2.19. The SMILES string of the molecule is CCNC(=NCC(C)(C)c1ccccc1)NCCCS(C)(=O)=O.I. The summed E-state index contributed by atoms with van der Waals surface area (Å²) >= 11 is 0. The summed E-state index contributed by atoms with van der Waals surface area (Å²) in [5.41, 5.74) is 1.19. The van der Waals surface area contributed by atoms with Crippen LogP contribution in [0.3, 0.4) is 0 Å². The molecule has 138 valence electrons. The second-order valence-corrected chi connectivity index (χ2v) is 8.62. The third-order valence-electron chi connectivity index (χ3n) is 3.52. The monoisotopic (exact) mass is 467 g/mol. The largest absolute Gasteiger partial charge is 0.357 e. The van der Waals surface area contributed by atoms with Gasteiger partial charge in [-0.3, -0.25) is 4.99 Å². The first-order chi connectivity index (χ1) is 10.7. The summed E-state index contributed by atoms with van der Waals surface area (Å²) in [5.74, 6) is 0.916. The molecule has 24 heavy (non-hydrogen) atoms. The molecule has 5 nitrogen and oxygen atoms in total. The third kappa shape index (κ3) is 9.46. The molecule has 0 radical (unpaired) electrons. The highest BCUT2D eigenvalue weighted by atomic mass is 127. The Balaban J connectivity index is 0.00000529. The van der Waals surface area contributed by atoms with Crippen LogP contribution in [0.2, 0.25) is 0 Å². The topological polar surface area (TPSA) is 70.6 Å². The number of sulfone groups is 1. The Labute approximate surface area is 163 Å². The molecule has 0 atom stereocenters. The number of guanidine groups is 1. The zero-order chi connectivity index (χ0) is 17.3. The quantitative estimate of drug-likeness (QED) is 0.267. The molecule has 7 heteroatoms. The maximum absolute atomic E-state index is 11.1. The van der Waals surface area contributed by atoms with Crippen LogP contribution in [0.1, 0.15) is 32.8 Å². The van der Waals surface area contributed by atoms with E-state index in [4.69, 9.17) is 0 Å². The van der Waals surface area contributed by atoms with Gasteiger partial charge in [-0.05, 0) is 18.9 Å². The fourth-order valence-electron chi connectivity index (χ4n) is 2.14. The highest BCUT2D eigenvalue weighted by molar-refractivity contribution is 14.0. The number of hydrogen-bond donors (Lipinski definition) is 2. The first-order valence-corrected chi connectivity index (χ1v) is 10.1. The molecule has 0 amide bonds. The van der Waals surface area contributed by atoms with Crippen LogP contribution in [-0.2, 0) is 15.3 Å². The minimum Gasteiger partial charge on any atom is -0.357 e. The lowest BCUT2D eigenvalue weighted by molar-refractivity contribution is 0.537. The van der Waals surface area contributed by atoms with Gasteiger partial charge in [-0.25, -0.2) is 8.42 Å². The molecular weight excluding hydrogens is 437 g/mol. The molecule has 0 aliphatic rings. The summed E-state index contributed by atoms with van der Waals surface area (Å²) < 4.78 is 22.3. The summed E-state index contributed by atoms with van der Waals surface area (Å²) in [6.07, 6.45) is 1.83. The van der Waals surface area contributed by atoms with E-state index >= 15 is 0 Å². The minimum atomic E-state index is -2.91. The van der Waals surface area contributed by atoms with Crippen LogP contribution in [0.15, 0.2) is 35.3 Å². The average molecular weight is 467 g/mol. The molecule has 0 aromatic heterocycles. The van der Waals surface area contributed by atoms with Crippen molar-refractivity contribution in [2.45, 2.75) is 32.6 Å². The van der Waals surface area contributed by atoms with E-state index in [2.05, 4.69) is 41.6 Å². The van der Waals surface area contributed by atoms with Gasteiger partial charge in [0, 0.05) is 24.8 Å². The van der Waals surface area contributed by atoms with Crippen LogP contribution < -0.4 is 10.6 Å². The van der Waals surface area contributed by atoms with Crippen molar-refractivity contribution in [3.05, 3.63) is 35.9 Å². The molecule has 1 rings (SSSR count). The average Bonchev–Trinajstić information content (AvgIpc) is 2.49. The lowest BCUT2D eigenvalue weighted by Crippen LogP contribution is -2.39. The van der Waals surface area contributed by atoms with E-state index in [1.54, 1.807) is 0 Å². The van der Waals surface area contributed by atoms with Gasteiger partial charge in [0.15, 0.2) is 5.96 Å². The van der Waals surface area contributed by atoms with Gasteiger partial charge in [0.1, 0.15) is 9.84 Å². The van der Waals surface area contributed by atoms with Gasteiger partial charge in [0.25, 0.3) is 0 Å². The fourth-order valence-corrected chi connectivity index (χ4v) is 2.81. The molecule has 0 unspecified atom stereocenters. The first kappa shape index (κ1) is 23.2. The molecule has 0 saturated carbocycles. The highest BCUT2D eigenvalue weighted by Crippen LogP contribution is 2.22.